The molecule has 0 saturated heterocycles. The monoisotopic (exact) mass is 170 g/mol. The van der Waals surface area contributed by atoms with Crippen LogP contribution in [0.4, 0.5) is 0 Å². The second-order valence-corrected chi connectivity index (χ2v) is 1.96. The van der Waals surface area contributed by atoms with Gasteiger partial charge < -0.3 is 10.4 Å². The highest BCUT2D eigenvalue weighted by atomic mass is 16.4. The molecule has 0 spiro atoms. The van der Waals surface area contributed by atoms with E-state index in [4.69, 9.17) is 10.4 Å². The number of nitrogens with zero attached hydrogens (tertiary/aromatic N) is 1. The zero-order chi connectivity index (χ0) is 9.72. The van der Waals surface area contributed by atoms with Crippen molar-refractivity contribution in [3.05, 3.63) is 0 Å². The SMILES string of the molecule is C[C@H](C#N)NC(=O)C(=O)C(=O)O. The predicted molar refractivity (Wildman–Crippen MR) is 35.9 cm³/mol. The minimum Gasteiger partial charge on any atom is -0.475 e. The third kappa shape index (κ3) is 2.79. The van der Waals surface area contributed by atoms with Crippen LogP contribution in [0.15, 0.2) is 0 Å². The van der Waals surface area contributed by atoms with E-state index in [1.54, 1.807) is 6.07 Å². The number of carboxylic acid groups (broad SMARTS) is 1. The van der Waals surface area contributed by atoms with Crippen LogP contribution in [0.5, 0.6) is 0 Å². The van der Waals surface area contributed by atoms with Gasteiger partial charge in [-0.1, -0.05) is 0 Å². The van der Waals surface area contributed by atoms with E-state index in [9.17, 15) is 14.4 Å². The molecule has 0 aromatic carbocycles. The number of carbonyl (C=O) groups excluding carboxylic acids is 2. The third-order valence-electron chi connectivity index (χ3n) is 0.942. The fourth-order valence-electron chi connectivity index (χ4n) is 0.392. The van der Waals surface area contributed by atoms with Gasteiger partial charge in [0.1, 0.15) is 6.04 Å². The molecule has 64 valence electrons. The summed E-state index contributed by atoms with van der Waals surface area (Å²) in [7, 11) is 0. The minimum atomic E-state index is -1.84. The molecule has 2 N–H and O–H groups in total. The van der Waals surface area contributed by atoms with Crippen LogP contribution in [0.25, 0.3) is 0 Å². The van der Waals surface area contributed by atoms with Crippen molar-refractivity contribution in [3.8, 4) is 6.07 Å². The summed E-state index contributed by atoms with van der Waals surface area (Å²) in [5, 5.41) is 18.1. The molecular formula is C6H6N2O4. The van der Waals surface area contributed by atoms with E-state index in [1.807, 2.05) is 5.32 Å². The van der Waals surface area contributed by atoms with Gasteiger partial charge >= 0.3 is 17.7 Å². The van der Waals surface area contributed by atoms with Crippen LogP contribution in [-0.2, 0) is 14.4 Å². The first kappa shape index (κ1) is 10.1. The highest BCUT2D eigenvalue weighted by Crippen LogP contribution is 1.79. The van der Waals surface area contributed by atoms with Crippen molar-refractivity contribution < 1.29 is 19.5 Å². The molecule has 1 atom stereocenters. The summed E-state index contributed by atoms with van der Waals surface area (Å²) >= 11 is 0. The molecule has 0 saturated carbocycles. The Balaban J connectivity index is 4.17. The van der Waals surface area contributed by atoms with Gasteiger partial charge in [-0.15, -0.1) is 0 Å². The van der Waals surface area contributed by atoms with Crippen molar-refractivity contribution in [1.82, 2.24) is 5.32 Å². The fraction of sp³-hybridized carbons (Fsp3) is 0.333. The number of rotatable bonds is 3. The van der Waals surface area contributed by atoms with Crippen LogP contribution in [0.1, 0.15) is 6.92 Å². The maximum atomic E-state index is 10.6. The topological polar surface area (TPSA) is 107 Å². The molecule has 0 bridgehead atoms. The van der Waals surface area contributed by atoms with Crippen LogP contribution in [-0.4, -0.2) is 28.8 Å². The van der Waals surface area contributed by atoms with E-state index in [2.05, 4.69) is 0 Å². The Morgan fingerprint density at radius 1 is 1.50 bits per heavy atom. The Morgan fingerprint density at radius 2 is 2.00 bits per heavy atom. The van der Waals surface area contributed by atoms with Crippen LogP contribution in [0.3, 0.4) is 0 Å². The average molecular weight is 170 g/mol. The Bertz CT molecular complexity index is 265. The van der Waals surface area contributed by atoms with E-state index in [-0.39, 0.29) is 0 Å². The summed E-state index contributed by atoms with van der Waals surface area (Å²) in [6, 6.07) is 0.738. The number of ketones is 1. The normalized spacial score (nSPS) is 11.0. The second-order valence-electron chi connectivity index (χ2n) is 1.96. The zero-order valence-electron chi connectivity index (χ0n) is 6.20. The highest BCUT2D eigenvalue weighted by Gasteiger charge is 2.22. The number of aliphatic carboxylic acids is 1. The molecule has 0 aliphatic heterocycles. The summed E-state index contributed by atoms with van der Waals surface area (Å²) in [5.41, 5.74) is 0. The lowest BCUT2D eigenvalue weighted by molar-refractivity contribution is -0.153. The summed E-state index contributed by atoms with van der Waals surface area (Å²) in [5.74, 6) is -4.69. The van der Waals surface area contributed by atoms with Gasteiger partial charge in [-0.05, 0) is 6.92 Å². The molecule has 0 unspecified atom stereocenters. The molecule has 6 heteroatoms. The molecule has 0 heterocycles. The Labute approximate surface area is 67.8 Å². The highest BCUT2D eigenvalue weighted by molar-refractivity contribution is 6.61. The predicted octanol–water partition coefficient (Wildman–Crippen LogP) is -1.33. The number of hydrogen-bond acceptors (Lipinski definition) is 4. The lowest BCUT2D eigenvalue weighted by atomic mass is 10.3. The fourth-order valence-corrected chi connectivity index (χ4v) is 0.392. The summed E-state index contributed by atoms with van der Waals surface area (Å²) in [4.78, 5) is 30.9. The number of carboxylic acids is 1. The van der Waals surface area contributed by atoms with Crippen LogP contribution in [0.2, 0.25) is 0 Å². The molecule has 12 heavy (non-hydrogen) atoms. The largest absolute Gasteiger partial charge is 0.475 e. The lowest BCUT2D eigenvalue weighted by Gasteiger charge is -2.01. The number of hydrogen-bond donors (Lipinski definition) is 2. The Kier molecular flexibility index (Phi) is 3.43. The van der Waals surface area contributed by atoms with Crippen molar-refractivity contribution in [2.45, 2.75) is 13.0 Å². The maximum Gasteiger partial charge on any atom is 0.382 e. The van der Waals surface area contributed by atoms with Gasteiger partial charge in [0.15, 0.2) is 0 Å². The van der Waals surface area contributed by atoms with E-state index in [1.165, 1.54) is 6.92 Å². The van der Waals surface area contributed by atoms with Gasteiger partial charge in [0.25, 0.3) is 0 Å². The van der Waals surface area contributed by atoms with Gasteiger partial charge in [0.2, 0.25) is 0 Å². The van der Waals surface area contributed by atoms with Crippen molar-refractivity contribution >= 4 is 17.7 Å². The average Bonchev–Trinajstić information content (AvgIpc) is 2.02. The standard InChI is InChI=1S/C6H6N2O4/c1-3(2-7)8-5(10)4(9)6(11)12/h3H,1H3,(H,8,10)(H,11,12)/t3-/m1/s1. The van der Waals surface area contributed by atoms with E-state index in [0.29, 0.717) is 0 Å². The van der Waals surface area contributed by atoms with Gasteiger partial charge in [-0.2, -0.15) is 5.26 Å². The van der Waals surface area contributed by atoms with E-state index < -0.39 is 23.7 Å². The van der Waals surface area contributed by atoms with Gasteiger partial charge in [-0.25, -0.2) is 4.79 Å². The molecule has 0 aliphatic rings. The van der Waals surface area contributed by atoms with Crippen LogP contribution >= 0.6 is 0 Å². The number of carbonyl (C=O) groups is 3. The third-order valence-corrected chi connectivity index (χ3v) is 0.942. The molecule has 1 amide bonds. The zero-order valence-corrected chi connectivity index (χ0v) is 6.20. The summed E-state index contributed by atoms with van der Waals surface area (Å²) in [6.45, 7) is 1.33. The van der Waals surface area contributed by atoms with E-state index in [0.717, 1.165) is 0 Å². The van der Waals surface area contributed by atoms with Gasteiger partial charge in [0, 0.05) is 0 Å². The first-order valence-electron chi connectivity index (χ1n) is 2.96. The molecular weight excluding hydrogens is 164 g/mol. The van der Waals surface area contributed by atoms with Gasteiger partial charge in [0.05, 0.1) is 6.07 Å². The number of nitriles is 1. The maximum absolute atomic E-state index is 10.6. The Hall–Kier alpha value is -1.90. The lowest BCUT2D eigenvalue weighted by Crippen LogP contribution is -2.39. The minimum absolute atomic E-state index is 0.874. The van der Waals surface area contributed by atoms with E-state index >= 15 is 0 Å². The van der Waals surface area contributed by atoms with Crippen molar-refractivity contribution in [1.29, 1.82) is 5.26 Å². The van der Waals surface area contributed by atoms with Crippen molar-refractivity contribution in [2.24, 2.45) is 0 Å². The summed E-state index contributed by atoms with van der Waals surface area (Å²) in [6.07, 6.45) is 0. The smallest absolute Gasteiger partial charge is 0.382 e. The van der Waals surface area contributed by atoms with Gasteiger partial charge in [-0.3, -0.25) is 9.59 Å². The molecule has 0 aromatic rings. The molecule has 0 fully saturated rings. The molecule has 0 radical (unpaired) electrons. The number of Topliss-reactive ketones (excluding diaryl/α,β-unsaturated/α-hetero) is 1. The van der Waals surface area contributed by atoms with Crippen molar-refractivity contribution in [2.75, 3.05) is 0 Å². The van der Waals surface area contributed by atoms with Crippen LogP contribution in [0, 0.1) is 11.3 Å². The Morgan fingerprint density at radius 3 is 2.33 bits per heavy atom. The molecule has 6 nitrogen and oxygen atoms in total. The molecule has 0 aromatic heterocycles. The number of nitrogens with one attached hydrogen (secondary N) is 1. The second kappa shape index (κ2) is 4.08. The quantitative estimate of drug-likeness (QED) is 0.403. The molecule has 0 aliphatic carbocycles. The number of amides is 1. The summed E-state index contributed by atoms with van der Waals surface area (Å²) < 4.78 is 0. The molecule has 0 rings (SSSR count). The van der Waals surface area contributed by atoms with Crippen LogP contribution < -0.4 is 5.32 Å². The first-order chi connectivity index (χ1) is 5.49. The first-order valence-corrected chi connectivity index (χ1v) is 2.96. The van der Waals surface area contributed by atoms with Crippen molar-refractivity contribution in [3.63, 3.8) is 0 Å².